The molecule has 0 radical (unpaired) electrons. The van der Waals surface area contributed by atoms with Crippen LogP contribution < -0.4 is 0 Å². The van der Waals surface area contributed by atoms with Crippen molar-refractivity contribution in [2.45, 2.75) is 6.42 Å². The third-order valence-corrected chi connectivity index (χ3v) is 4.39. The van der Waals surface area contributed by atoms with E-state index in [0.29, 0.717) is 12.1 Å². The van der Waals surface area contributed by atoms with E-state index in [2.05, 4.69) is 47.6 Å². The van der Waals surface area contributed by atoms with E-state index in [0.717, 1.165) is 32.7 Å². The van der Waals surface area contributed by atoms with Gasteiger partial charge in [0.15, 0.2) is 0 Å². The summed E-state index contributed by atoms with van der Waals surface area (Å²) >= 11 is 0. The quantitative estimate of drug-likeness (QED) is 0.233. The molecule has 0 bridgehead atoms. The summed E-state index contributed by atoms with van der Waals surface area (Å²) in [6, 6.07) is 28.8. The van der Waals surface area contributed by atoms with E-state index in [4.69, 9.17) is 0 Å². The molecule has 0 atom stereocenters. The monoisotopic (exact) mass is 311 g/mol. The van der Waals surface area contributed by atoms with Crippen molar-refractivity contribution in [3.05, 3.63) is 96.1 Å². The summed E-state index contributed by atoms with van der Waals surface area (Å²) in [5.41, 5.74) is 2.83. The summed E-state index contributed by atoms with van der Waals surface area (Å²) in [6.45, 7) is 0. The molecule has 4 aromatic rings. The number of hydrogen-bond donors (Lipinski definition) is 1. The van der Waals surface area contributed by atoms with Gasteiger partial charge >= 0.3 is 0 Å². The highest BCUT2D eigenvalue weighted by atomic mass is 16.4. The lowest BCUT2D eigenvalue weighted by Crippen LogP contribution is -2.07. The Kier molecular flexibility index (Phi) is 3.72. The van der Waals surface area contributed by atoms with Gasteiger partial charge in [-0.05, 0) is 33.2 Å². The van der Waals surface area contributed by atoms with Crippen LogP contribution in [-0.4, -0.2) is 10.9 Å². The van der Waals surface area contributed by atoms with Crippen molar-refractivity contribution in [2.24, 2.45) is 5.16 Å². The maximum absolute atomic E-state index is 9.75. The molecule has 0 aliphatic carbocycles. The normalized spacial score (nSPS) is 11.9. The van der Waals surface area contributed by atoms with Gasteiger partial charge in [0.25, 0.3) is 0 Å². The van der Waals surface area contributed by atoms with Crippen LogP contribution in [0.25, 0.3) is 21.5 Å². The van der Waals surface area contributed by atoms with Crippen molar-refractivity contribution in [3.63, 3.8) is 0 Å². The number of fused-ring (bicyclic) bond motifs is 2. The first-order chi connectivity index (χ1) is 11.9. The topological polar surface area (TPSA) is 32.6 Å². The lowest BCUT2D eigenvalue weighted by atomic mass is 9.91. The van der Waals surface area contributed by atoms with Crippen molar-refractivity contribution >= 4 is 27.3 Å². The van der Waals surface area contributed by atoms with Crippen LogP contribution in [0.3, 0.4) is 0 Å². The highest BCUT2D eigenvalue weighted by Gasteiger charge is 2.14. The molecular weight excluding hydrogens is 294 g/mol. The highest BCUT2D eigenvalue weighted by Crippen LogP contribution is 2.29. The Bertz CT molecular complexity index is 981. The van der Waals surface area contributed by atoms with Crippen LogP contribution in [0.1, 0.15) is 11.1 Å². The molecular formula is C22H17NO. The SMILES string of the molecule is O/N=C(\Cc1ccccc1)c1c2ccccc2cc2ccccc12. The van der Waals surface area contributed by atoms with Gasteiger partial charge in [-0.15, -0.1) is 0 Å². The van der Waals surface area contributed by atoms with Crippen LogP contribution in [0.15, 0.2) is 90.1 Å². The summed E-state index contributed by atoms with van der Waals surface area (Å²) < 4.78 is 0. The Balaban J connectivity index is 1.98. The maximum atomic E-state index is 9.75. The van der Waals surface area contributed by atoms with Gasteiger partial charge in [0.1, 0.15) is 0 Å². The molecule has 0 amide bonds. The molecule has 2 nitrogen and oxygen atoms in total. The van der Waals surface area contributed by atoms with Gasteiger partial charge in [0.2, 0.25) is 0 Å². The molecule has 2 heteroatoms. The maximum Gasteiger partial charge on any atom is 0.0923 e. The van der Waals surface area contributed by atoms with Crippen LogP contribution in [-0.2, 0) is 6.42 Å². The fraction of sp³-hybridized carbons (Fsp3) is 0.0455. The van der Waals surface area contributed by atoms with Gasteiger partial charge in [-0.25, -0.2) is 0 Å². The Morgan fingerprint density at radius 2 is 1.25 bits per heavy atom. The second-order valence-electron chi connectivity index (χ2n) is 5.90. The minimum absolute atomic E-state index is 0.593. The summed E-state index contributed by atoms with van der Waals surface area (Å²) in [5.74, 6) is 0. The van der Waals surface area contributed by atoms with E-state index >= 15 is 0 Å². The molecule has 0 saturated heterocycles. The van der Waals surface area contributed by atoms with E-state index in [1.807, 2.05) is 42.5 Å². The molecule has 0 aliphatic rings. The Morgan fingerprint density at radius 1 is 0.708 bits per heavy atom. The summed E-state index contributed by atoms with van der Waals surface area (Å²) in [7, 11) is 0. The molecule has 0 aliphatic heterocycles. The van der Waals surface area contributed by atoms with Crippen LogP contribution in [0.5, 0.6) is 0 Å². The molecule has 4 rings (SSSR count). The average molecular weight is 311 g/mol. The van der Waals surface area contributed by atoms with Crippen molar-refractivity contribution < 1.29 is 5.21 Å². The predicted octanol–water partition coefficient (Wildman–Crippen LogP) is 5.41. The standard InChI is InChI=1S/C22H17NO/c24-23-21(14-16-8-2-1-3-9-16)22-19-12-6-4-10-17(19)15-18-11-5-7-13-20(18)22/h1-13,15,24H,14H2/b23-21+. The number of rotatable bonds is 3. The second kappa shape index (κ2) is 6.17. The molecule has 0 aromatic heterocycles. The zero-order valence-corrected chi connectivity index (χ0v) is 13.2. The minimum atomic E-state index is 0.593. The summed E-state index contributed by atoms with van der Waals surface area (Å²) in [6.07, 6.45) is 0.593. The first-order valence-corrected chi connectivity index (χ1v) is 8.02. The molecule has 0 unspecified atom stereocenters. The minimum Gasteiger partial charge on any atom is -0.411 e. The van der Waals surface area contributed by atoms with Gasteiger partial charge in [0, 0.05) is 12.0 Å². The number of oxime groups is 1. The van der Waals surface area contributed by atoms with Gasteiger partial charge in [-0.1, -0.05) is 84.0 Å². The Labute approximate surface area is 140 Å². The smallest absolute Gasteiger partial charge is 0.0923 e. The molecule has 0 heterocycles. The fourth-order valence-electron chi connectivity index (χ4n) is 3.29. The zero-order chi connectivity index (χ0) is 16.4. The third-order valence-electron chi connectivity index (χ3n) is 4.39. The first-order valence-electron chi connectivity index (χ1n) is 8.02. The van der Waals surface area contributed by atoms with Crippen LogP contribution in [0, 0.1) is 0 Å². The van der Waals surface area contributed by atoms with Crippen molar-refractivity contribution in [1.82, 2.24) is 0 Å². The van der Waals surface area contributed by atoms with Gasteiger partial charge in [-0.3, -0.25) is 0 Å². The van der Waals surface area contributed by atoms with Crippen LogP contribution in [0.2, 0.25) is 0 Å². The van der Waals surface area contributed by atoms with E-state index in [9.17, 15) is 5.21 Å². The van der Waals surface area contributed by atoms with Crippen molar-refractivity contribution in [2.75, 3.05) is 0 Å². The molecule has 0 saturated carbocycles. The number of nitrogens with zero attached hydrogens (tertiary/aromatic N) is 1. The van der Waals surface area contributed by atoms with Gasteiger partial charge in [-0.2, -0.15) is 0 Å². The average Bonchev–Trinajstić information content (AvgIpc) is 2.65. The molecule has 0 fully saturated rings. The van der Waals surface area contributed by atoms with Crippen LogP contribution >= 0.6 is 0 Å². The van der Waals surface area contributed by atoms with Crippen molar-refractivity contribution in [1.29, 1.82) is 0 Å². The second-order valence-corrected chi connectivity index (χ2v) is 5.90. The van der Waals surface area contributed by atoms with E-state index in [1.54, 1.807) is 0 Å². The lowest BCUT2D eigenvalue weighted by molar-refractivity contribution is 0.318. The summed E-state index contributed by atoms with van der Waals surface area (Å²) in [4.78, 5) is 0. The van der Waals surface area contributed by atoms with Gasteiger partial charge in [0.05, 0.1) is 5.71 Å². The van der Waals surface area contributed by atoms with Crippen molar-refractivity contribution in [3.8, 4) is 0 Å². The largest absolute Gasteiger partial charge is 0.411 e. The molecule has 116 valence electrons. The summed E-state index contributed by atoms with van der Waals surface area (Å²) in [5, 5.41) is 17.9. The van der Waals surface area contributed by atoms with Gasteiger partial charge < -0.3 is 5.21 Å². The first kappa shape index (κ1) is 14.5. The predicted molar refractivity (Wildman–Crippen MR) is 99.9 cm³/mol. The van der Waals surface area contributed by atoms with E-state index < -0.39 is 0 Å². The Hall–Kier alpha value is -3.13. The number of benzene rings is 4. The highest BCUT2D eigenvalue weighted by molar-refractivity contribution is 6.21. The van der Waals surface area contributed by atoms with E-state index in [-0.39, 0.29) is 0 Å². The molecule has 0 spiro atoms. The lowest BCUT2D eigenvalue weighted by Gasteiger charge is -2.13. The molecule has 24 heavy (non-hydrogen) atoms. The van der Waals surface area contributed by atoms with Crippen LogP contribution in [0.4, 0.5) is 0 Å². The third kappa shape index (κ3) is 2.52. The zero-order valence-electron chi connectivity index (χ0n) is 13.2. The molecule has 4 aromatic carbocycles. The number of hydrogen-bond acceptors (Lipinski definition) is 2. The Morgan fingerprint density at radius 3 is 1.83 bits per heavy atom. The fourth-order valence-corrected chi connectivity index (χ4v) is 3.29. The molecule has 1 N–H and O–H groups in total. The van der Waals surface area contributed by atoms with E-state index in [1.165, 1.54) is 0 Å².